The lowest BCUT2D eigenvalue weighted by atomic mass is 10.0. The van der Waals surface area contributed by atoms with Gasteiger partial charge in [0.2, 0.25) is 0 Å². The summed E-state index contributed by atoms with van der Waals surface area (Å²) in [7, 11) is 0. The first-order valence-corrected chi connectivity index (χ1v) is 5.94. The Balaban J connectivity index is 1.91. The van der Waals surface area contributed by atoms with Crippen LogP contribution < -0.4 is 0 Å². The molecule has 0 saturated carbocycles. The second-order valence-corrected chi connectivity index (χ2v) is 4.30. The van der Waals surface area contributed by atoms with Gasteiger partial charge in [0, 0.05) is 6.42 Å². The Morgan fingerprint density at radius 1 is 1.28 bits per heavy atom. The summed E-state index contributed by atoms with van der Waals surface area (Å²) in [6, 6.07) is 9.35. The number of ether oxygens (including phenoxy) is 2. The van der Waals surface area contributed by atoms with Crippen molar-refractivity contribution in [2.45, 2.75) is 44.4 Å². The first kappa shape index (κ1) is 13.4. The van der Waals surface area contributed by atoms with E-state index >= 15 is 0 Å². The van der Waals surface area contributed by atoms with Gasteiger partial charge < -0.3 is 14.6 Å². The van der Waals surface area contributed by atoms with E-state index in [1.54, 1.807) is 0 Å². The average Bonchev–Trinajstić information content (AvgIpc) is 2.38. The minimum absolute atomic E-state index is 0.272. The molecule has 1 aliphatic rings. The predicted octanol–water partition coefficient (Wildman–Crippen LogP) is 2.33. The maximum Gasteiger partial charge on any atom is 0.267 e. The van der Waals surface area contributed by atoms with Crippen LogP contribution in [0, 0.1) is 0 Å². The summed E-state index contributed by atoms with van der Waals surface area (Å²) >= 11 is 0. The number of alkyl halides is 2. The standard InChI is InChI=1S/C13H16F2O3/c14-13(15)12-10(6-7-11(16)18-12)17-8-9-4-2-1-3-5-9/h1-5,10-13,16H,6-8H2/t10-,11+,12+/m1/s1. The average molecular weight is 258 g/mol. The molecule has 0 aromatic heterocycles. The van der Waals surface area contributed by atoms with E-state index in [4.69, 9.17) is 9.47 Å². The molecular formula is C13H16F2O3. The zero-order valence-corrected chi connectivity index (χ0v) is 9.84. The van der Waals surface area contributed by atoms with Crippen LogP contribution in [0.4, 0.5) is 8.78 Å². The van der Waals surface area contributed by atoms with Crippen molar-refractivity contribution in [3.05, 3.63) is 35.9 Å². The molecule has 1 aliphatic heterocycles. The van der Waals surface area contributed by atoms with Gasteiger partial charge in [0.1, 0.15) is 6.10 Å². The Bertz CT molecular complexity index is 359. The number of aliphatic hydroxyl groups is 1. The summed E-state index contributed by atoms with van der Waals surface area (Å²) in [6.45, 7) is 0.272. The molecule has 2 rings (SSSR count). The van der Waals surface area contributed by atoms with Crippen LogP contribution in [-0.2, 0) is 16.1 Å². The van der Waals surface area contributed by atoms with E-state index in [1.165, 1.54) is 0 Å². The Labute approximate surface area is 104 Å². The number of rotatable bonds is 4. The zero-order valence-electron chi connectivity index (χ0n) is 9.84. The first-order chi connectivity index (χ1) is 8.66. The lowest BCUT2D eigenvalue weighted by Crippen LogP contribution is -2.44. The van der Waals surface area contributed by atoms with Gasteiger partial charge in [0.25, 0.3) is 6.43 Å². The number of hydrogen-bond donors (Lipinski definition) is 1. The molecule has 5 heteroatoms. The zero-order chi connectivity index (χ0) is 13.0. The molecule has 1 aromatic rings. The highest BCUT2D eigenvalue weighted by Gasteiger charge is 2.37. The van der Waals surface area contributed by atoms with Gasteiger partial charge in [-0.05, 0) is 12.0 Å². The quantitative estimate of drug-likeness (QED) is 0.900. The number of hydrogen-bond acceptors (Lipinski definition) is 3. The number of aliphatic hydroxyl groups excluding tert-OH is 1. The molecule has 0 bridgehead atoms. The molecule has 0 amide bonds. The third-order valence-corrected chi connectivity index (χ3v) is 2.93. The van der Waals surface area contributed by atoms with Crippen molar-refractivity contribution < 1.29 is 23.4 Å². The smallest absolute Gasteiger partial charge is 0.267 e. The largest absolute Gasteiger partial charge is 0.371 e. The summed E-state index contributed by atoms with van der Waals surface area (Å²) in [5.74, 6) is 0. The van der Waals surface area contributed by atoms with Crippen LogP contribution in [0.15, 0.2) is 30.3 Å². The normalized spacial score (nSPS) is 28.6. The number of benzene rings is 1. The molecule has 18 heavy (non-hydrogen) atoms. The Morgan fingerprint density at radius 2 is 2.00 bits per heavy atom. The molecule has 1 fully saturated rings. The monoisotopic (exact) mass is 258 g/mol. The van der Waals surface area contributed by atoms with E-state index in [9.17, 15) is 13.9 Å². The van der Waals surface area contributed by atoms with E-state index in [-0.39, 0.29) is 6.61 Å². The van der Waals surface area contributed by atoms with Gasteiger partial charge in [-0.1, -0.05) is 30.3 Å². The molecule has 0 radical (unpaired) electrons. The Hall–Kier alpha value is -1.04. The molecule has 1 heterocycles. The Morgan fingerprint density at radius 3 is 2.67 bits per heavy atom. The van der Waals surface area contributed by atoms with Gasteiger partial charge >= 0.3 is 0 Å². The van der Waals surface area contributed by atoms with E-state index in [2.05, 4.69) is 0 Å². The molecule has 100 valence electrons. The highest BCUT2D eigenvalue weighted by molar-refractivity contribution is 5.13. The van der Waals surface area contributed by atoms with E-state index in [0.717, 1.165) is 5.56 Å². The van der Waals surface area contributed by atoms with Crippen LogP contribution >= 0.6 is 0 Å². The third-order valence-electron chi connectivity index (χ3n) is 2.93. The maximum absolute atomic E-state index is 12.8. The highest BCUT2D eigenvalue weighted by atomic mass is 19.3. The summed E-state index contributed by atoms with van der Waals surface area (Å²) < 4.78 is 35.8. The van der Waals surface area contributed by atoms with Crippen molar-refractivity contribution in [3.8, 4) is 0 Å². The van der Waals surface area contributed by atoms with Crippen molar-refractivity contribution in [2.75, 3.05) is 0 Å². The molecule has 1 saturated heterocycles. The summed E-state index contributed by atoms with van der Waals surface area (Å²) in [5.41, 5.74) is 0.927. The van der Waals surface area contributed by atoms with Crippen LogP contribution in [0.2, 0.25) is 0 Å². The molecular weight excluding hydrogens is 242 g/mol. The van der Waals surface area contributed by atoms with Crippen molar-refractivity contribution in [3.63, 3.8) is 0 Å². The molecule has 3 nitrogen and oxygen atoms in total. The van der Waals surface area contributed by atoms with Crippen molar-refractivity contribution >= 4 is 0 Å². The highest BCUT2D eigenvalue weighted by Crippen LogP contribution is 2.26. The first-order valence-electron chi connectivity index (χ1n) is 5.94. The van der Waals surface area contributed by atoms with Gasteiger partial charge in [-0.25, -0.2) is 8.78 Å². The van der Waals surface area contributed by atoms with Gasteiger partial charge in [-0.15, -0.1) is 0 Å². The second-order valence-electron chi connectivity index (χ2n) is 4.30. The molecule has 1 N–H and O–H groups in total. The van der Waals surface area contributed by atoms with Gasteiger partial charge in [0.05, 0.1) is 12.7 Å². The van der Waals surface area contributed by atoms with Crippen LogP contribution in [0.5, 0.6) is 0 Å². The van der Waals surface area contributed by atoms with Crippen molar-refractivity contribution in [1.82, 2.24) is 0 Å². The van der Waals surface area contributed by atoms with Crippen LogP contribution in [0.3, 0.4) is 0 Å². The van der Waals surface area contributed by atoms with Crippen LogP contribution in [-0.4, -0.2) is 30.0 Å². The second kappa shape index (κ2) is 6.22. The van der Waals surface area contributed by atoms with E-state index in [0.29, 0.717) is 12.8 Å². The summed E-state index contributed by atoms with van der Waals surface area (Å²) in [5, 5.41) is 9.22. The third kappa shape index (κ3) is 3.48. The fourth-order valence-electron chi connectivity index (χ4n) is 1.99. The van der Waals surface area contributed by atoms with Gasteiger partial charge in [0.15, 0.2) is 6.29 Å². The van der Waals surface area contributed by atoms with E-state index < -0.39 is 24.9 Å². The minimum atomic E-state index is -2.65. The fraction of sp³-hybridized carbons (Fsp3) is 0.538. The number of halogens is 2. The lowest BCUT2D eigenvalue weighted by Gasteiger charge is -2.33. The van der Waals surface area contributed by atoms with Gasteiger partial charge in [-0.2, -0.15) is 0 Å². The maximum atomic E-state index is 12.8. The predicted molar refractivity (Wildman–Crippen MR) is 61.1 cm³/mol. The topological polar surface area (TPSA) is 38.7 Å². The molecule has 0 spiro atoms. The van der Waals surface area contributed by atoms with Crippen molar-refractivity contribution in [2.24, 2.45) is 0 Å². The lowest BCUT2D eigenvalue weighted by molar-refractivity contribution is -0.242. The SMILES string of the molecule is O[C@@H]1CC[C@@H](OCc2ccccc2)[C@@H](C(F)F)O1. The van der Waals surface area contributed by atoms with Crippen LogP contribution in [0.25, 0.3) is 0 Å². The molecule has 0 aliphatic carbocycles. The molecule has 1 aromatic carbocycles. The van der Waals surface area contributed by atoms with E-state index in [1.807, 2.05) is 30.3 Å². The minimum Gasteiger partial charge on any atom is -0.371 e. The summed E-state index contributed by atoms with van der Waals surface area (Å²) in [4.78, 5) is 0. The summed E-state index contributed by atoms with van der Waals surface area (Å²) in [6.07, 6.45) is -5.08. The Kier molecular flexibility index (Phi) is 4.63. The fourth-order valence-corrected chi connectivity index (χ4v) is 1.99. The van der Waals surface area contributed by atoms with Crippen LogP contribution in [0.1, 0.15) is 18.4 Å². The van der Waals surface area contributed by atoms with Gasteiger partial charge in [-0.3, -0.25) is 0 Å². The molecule has 0 unspecified atom stereocenters. The molecule has 3 atom stereocenters. The van der Waals surface area contributed by atoms with Crippen molar-refractivity contribution in [1.29, 1.82) is 0 Å².